The van der Waals surface area contributed by atoms with Crippen LogP contribution in [0.3, 0.4) is 0 Å². The molecule has 0 radical (unpaired) electrons. The number of nitrogens with two attached hydrogens (primary N) is 1. The van der Waals surface area contributed by atoms with E-state index >= 15 is 0 Å². The maximum atomic E-state index is 12.1. The minimum absolute atomic E-state index is 0.281. The first-order valence-electron chi connectivity index (χ1n) is 5.27. The number of halogens is 4. The van der Waals surface area contributed by atoms with Gasteiger partial charge in [0.05, 0.1) is 23.8 Å². The van der Waals surface area contributed by atoms with Crippen molar-refractivity contribution in [3.8, 4) is 0 Å². The number of nitrogen functional groups attached to an aromatic ring is 1. The summed E-state index contributed by atoms with van der Waals surface area (Å²) in [6.07, 6.45) is -4.33. The molecule has 1 rings (SSSR count). The van der Waals surface area contributed by atoms with Crippen molar-refractivity contribution >= 4 is 28.9 Å². The highest BCUT2D eigenvalue weighted by Crippen LogP contribution is 2.22. The van der Waals surface area contributed by atoms with Gasteiger partial charge in [-0.3, -0.25) is 9.69 Å². The third kappa shape index (κ3) is 5.80. The van der Waals surface area contributed by atoms with Gasteiger partial charge in [-0.2, -0.15) is 13.2 Å². The van der Waals surface area contributed by atoms with Crippen molar-refractivity contribution in [2.24, 2.45) is 0 Å². The second kappa shape index (κ2) is 6.12. The Morgan fingerprint density at radius 2 is 2.11 bits per heavy atom. The lowest BCUT2D eigenvalue weighted by atomic mass is 10.3. The molecule has 0 saturated heterocycles. The highest BCUT2D eigenvalue weighted by molar-refractivity contribution is 6.33. The number of hydrogen-bond donors (Lipinski definition) is 2. The molecule has 0 aliphatic rings. The van der Waals surface area contributed by atoms with Crippen molar-refractivity contribution < 1.29 is 18.0 Å². The summed E-state index contributed by atoms with van der Waals surface area (Å²) in [4.78, 5) is 12.4. The van der Waals surface area contributed by atoms with Crippen molar-refractivity contribution in [2.75, 3.05) is 31.2 Å². The van der Waals surface area contributed by atoms with E-state index in [1.807, 2.05) is 0 Å². The van der Waals surface area contributed by atoms with E-state index in [1.54, 1.807) is 0 Å². The van der Waals surface area contributed by atoms with Crippen LogP contribution in [0.25, 0.3) is 0 Å². The van der Waals surface area contributed by atoms with E-state index in [1.165, 1.54) is 25.2 Å². The van der Waals surface area contributed by atoms with Crippen molar-refractivity contribution in [1.29, 1.82) is 0 Å². The minimum atomic E-state index is -4.33. The highest BCUT2D eigenvalue weighted by atomic mass is 35.5. The lowest BCUT2D eigenvalue weighted by molar-refractivity contribution is -0.145. The van der Waals surface area contributed by atoms with Gasteiger partial charge in [0.25, 0.3) is 0 Å². The second-order valence-corrected chi connectivity index (χ2v) is 4.48. The maximum absolute atomic E-state index is 12.1. The quantitative estimate of drug-likeness (QED) is 0.838. The molecule has 0 aliphatic carbocycles. The number of carbonyl (C=O) groups is 1. The first-order chi connectivity index (χ1) is 8.67. The summed E-state index contributed by atoms with van der Waals surface area (Å²) in [5.41, 5.74) is 6.20. The van der Waals surface area contributed by atoms with Gasteiger partial charge in [-0.15, -0.1) is 0 Å². The molecule has 0 aromatic heterocycles. The van der Waals surface area contributed by atoms with Crippen molar-refractivity contribution in [3.63, 3.8) is 0 Å². The Kier molecular flexibility index (Phi) is 5.02. The predicted octanol–water partition coefficient (Wildman–Crippen LogP) is 2.35. The fraction of sp³-hybridized carbons (Fsp3) is 0.364. The number of amides is 1. The monoisotopic (exact) mass is 295 g/mol. The van der Waals surface area contributed by atoms with Crippen LogP contribution < -0.4 is 11.1 Å². The van der Waals surface area contributed by atoms with Gasteiger partial charge in [-0.05, 0) is 25.2 Å². The van der Waals surface area contributed by atoms with E-state index in [4.69, 9.17) is 17.3 Å². The minimum Gasteiger partial charge on any atom is -0.397 e. The van der Waals surface area contributed by atoms with Crippen molar-refractivity contribution in [2.45, 2.75) is 6.18 Å². The summed E-state index contributed by atoms with van der Waals surface area (Å²) in [6.45, 7) is -1.52. The molecular formula is C11H13ClF3N3O. The molecule has 0 spiro atoms. The summed E-state index contributed by atoms with van der Waals surface area (Å²) in [7, 11) is 1.21. The summed E-state index contributed by atoms with van der Waals surface area (Å²) < 4.78 is 36.2. The smallest absolute Gasteiger partial charge is 0.397 e. The topological polar surface area (TPSA) is 58.4 Å². The standard InChI is InChI=1S/C11H13ClF3N3O/c1-18(6-11(13,14)15)5-10(19)17-7-2-3-8(12)9(16)4-7/h2-4H,5-6,16H2,1H3,(H,17,19). The number of nitrogens with zero attached hydrogens (tertiary/aromatic N) is 1. The molecule has 8 heteroatoms. The second-order valence-electron chi connectivity index (χ2n) is 4.07. The summed E-state index contributed by atoms with van der Waals surface area (Å²) in [5.74, 6) is -0.562. The van der Waals surface area contributed by atoms with Crippen LogP contribution in [-0.2, 0) is 4.79 Å². The van der Waals surface area contributed by atoms with Crippen LogP contribution in [0.5, 0.6) is 0 Å². The number of hydrogen-bond acceptors (Lipinski definition) is 3. The first kappa shape index (κ1) is 15.6. The lowest BCUT2D eigenvalue weighted by Crippen LogP contribution is -2.36. The van der Waals surface area contributed by atoms with E-state index in [0.717, 1.165) is 4.90 Å². The SMILES string of the molecule is CN(CC(=O)Nc1ccc(Cl)c(N)c1)CC(F)(F)F. The average Bonchev–Trinajstić information content (AvgIpc) is 2.20. The zero-order valence-corrected chi connectivity index (χ0v) is 10.8. The van der Waals surface area contributed by atoms with E-state index in [-0.39, 0.29) is 12.2 Å². The molecule has 0 heterocycles. The molecule has 1 aromatic rings. The molecule has 3 N–H and O–H groups in total. The van der Waals surface area contributed by atoms with E-state index in [2.05, 4.69) is 5.32 Å². The normalized spacial score (nSPS) is 11.7. The molecule has 0 bridgehead atoms. The Morgan fingerprint density at radius 1 is 1.47 bits per heavy atom. The Balaban J connectivity index is 2.53. The van der Waals surface area contributed by atoms with Crippen LogP contribution in [0.1, 0.15) is 0 Å². The zero-order valence-electron chi connectivity index (χ0n) is 10.1. The van der Waals surface area contributed by atoms with Crippen molar-refractivity contribution in [3.05, 3.63) is 23.2 Å². The molecule has 0 fully saturated rings. The Bertz CT molecular complexity index is 465. The largest absolute Gasteiger partial charge is 0.401 e. The van der Waals surface area contributed by atoms with E-state index < -0.39 is 18.6 Å². The lowest BCUT2D eigenvalue weighted by Gasteiger charge is -2.18. The number of likely N-dealkylation sites (N-methyl/N-ethyl adjacent to an activating group) is 1. The van der Waals surface area contributed by atoms with Gasteiger partial charge in [-0.25, -0.2) is 0 Å². The van der Waals surface area contributed by atoms with Gasteiger partial charge < -0.3 is 11.1 Å². The van der Waals surface area contributed by atoms with Crippen LogP contribution in [0.15, 0.2) is 18.2 Å². The molecule has 106 valence electrons. The number of anilines is 2. The number of nitrogens with one attached hydrogen (secondary N) is 1. The molecular weight excluding hydrogens is 283 g/mol. The third-order valence-electron chi connectivity index (χ3n) is 2.14. The first-order valence-corrected chi connectivity index (χ1v) is 5.65. The summed E-state index contributed by atoms with van der Waals surface area (Å²) >= 11 is 5.70. The Hall–Kier alpha value is -1.47. The molecule has 19 heavy (non-hydrogen) atoms. The number of rotatable bonds is 4. The molecule has 1 amide bonds. The maximum Gasteiger partial charge on any atom is 0.401 e. The number of benzene rings is 1. The predicted molar refractivity (Wildman–Crippen MR) is 68.0 cm³/mol. The van der Waals surface area contributed by atoms with Gasteiger partial charge in [-0.1, -0.05) is 11.6 Å². The highest BCUT2D eigenvalue weighted by Gasteiger charge is 2.29. The van der Waals surface area contributed by atoms with Crippen LogP contribution in [0, 0.1) is 0 Å². The van der Waals surface area contributed by atoms with E-state index in [0.29, 0.717) is 10.7 Å². The van der Waals surface area contributed by atoms with Gasteiger partial charge in [0.2, 0.25) is 5.91 Å². The van der Waals surface area contributed by atoms with Crippen LogP contribution in [0.4, 0.5) is 24.5 Å². The molecule has 1 aromatic carbocycles. The van der Waals surface area contributed by atoms with Crippen LogP contribution >= 0.6 is 11.6 Å². The van der Waals surface area contributed by atoms with E-state index in [9.17, 15) is 18.0 Å². The van der Waals surface area contributed by atoms with Crippen molar-refractivity contribution in [1.82, 2.24) is 4.90 Å². The van der Waals surface area contributed by atoms with Gasteiger partial charge >= 0.3 is 6.18 Å². The molecule has 0 atom stereocenters. The fourth-order valence-corrected chi connectivity index (χ4v) is 1.55. The average molecular weight is 296 g/mol. The molecule has 4 nitrogen and oxygen atoms in total. The van der Waals surface area contributed by atoms with Gasteiger partial charge in [0.15, 0.2) is 0 Å². The van der Waals surface area contributed by atoms with Gasteiger partial charge in [0.1, 0.15) is 0 Å². The van der Waals surface area contributed by atoms with Crippen LogP contribution in [-0.4, -0.2) is 37.1 Å². The molecule has 0 saturated carbocycles. The van der Waals surface area contributed by atoms with Gasteiger partial charge in [0, 0.05) is 5.69 Å². The van der Waals surface area contributed by atoms with Crippen LogP contribution in [0.2, 0.25) is 5.02 Å². The number of alkyl halides is 3. The summed E-state index contributed by atoms with van der Waals surface area (Å²) in [5, 5.41) is 2.78. The number of carbonyl (C=O) groups excluding carboxylic acids is 1. The molecule has 0 aliphatic heterocycles. The molecule has 0 unspecified atom stereocenters. The zero-order chi connectivity index (χ0) is 14.6. The Morgan fingerprint density at radius 3 is 2.63 bits per heavy atom. The fourth-order valence-electron chi connectivity index (χ4n) is 1.43. The Labute approximate surface area is 113 Å². The third-order valence-corrected chi connectivity index (χ3v) is 2.49. The summed E-state index contributed by atoms with van der Waals surface area (Å²) in [6, 6.07) is 4.44.